The van der Waals surface area contributed by atoms with Gasteiger partial charge in [-0.2, -0.15) is 0 Å². The number of carbonyl (C=O) groups excluding carboxylic acids is 1. The summed E-state index contributed by atoms with van der Waals surface area (Å²) < 4.78 is 5.76. The van der Waals surface area contributed by atoms with Crippen LogP contribution in [0, 0.1) is 6.92 Å². The van der Waals surface area contributed by atoms with Crippen molar-refractivity contribution in [3.63, 3.8) is 0 Å². The van der Waals surface area contributed by atoms with E-state index in [1.165, 1.54) is 0 Å². The lowest BCUT2D eigenvalue weighted by Gasteiger charge is -2.16. The highest BCUT2D eigenvalue weighted by Gasteiger charge is 2.15. The summed E-state index contributed by atoms with van der Waals surface area (Å²) in [6.07, 6.45) is -0.585. The number of nitrogens with one attached hydrogen (secondary N) is 2. The molecule has 2 N–H and O–H groups in total. The lowest BCUT2D eigenvalue weighted by Crippen LogP contribution is -2.30. The van der Waals surface area contributed by atoms with Crippen molar-refractivity contribution in [3.05, 3.63) is 84.4 Å². The Morgan fingerprint density at radius 3 is 2.08 bits per heavy atom. The number of anilines is 3. The number of ether oxygens (including phenoxy) is 1. The van der Waals surface area contributed by atoms with Crippen molar-refractivity contribution in [3.8, 4) is 5.75 Å². The third-order valence-electron chi connectivity index (χ3n) is 3.98. The zero-order valence-electron chi connectivity index (χ0n) is 14.9. The monoisotopic (exact) mass is 346 g/mol. The molecule has 4 nitrogen and oxygen atoms in total. The van der Waals surface area contributed by atoms with Gasteiger partial charge in [-0.25, -0.2) is 0 Å². The molecule has 0 saturated heterocycles. The molecule has 1 amide bonds. The number of para-hydroxylation sites is 2. The van der Waals surface area contributed by atoms with Crippen LogP contribution < -0.4 is 15.4 Å². The van der Waals surface area contributed by atoms with Gasteiger partial charge in [-0.1, -0.05) is 36.4 Å². The van der Waals surface area contributed by atoms with Crippen molar-refractivity contribution < 1.29 is 9.53 Å². The van der Waals surface area contributed by atoms with E-state index >= 15 is 0 Å². The number of benzene rings is 3. The van der Waals surface area contributed by atoms with E-state index in [0.29, 0.717) is 0 Å². The smallest absolute Gasteiger partial charge is 0.265 e. The van der Waals surface area contributed by atoms with Crippen molar-refractivity contribution >= 4 is 23.0 Å². The maximum Gasteiger partial charge on any atom is 0.265 e. The number of aryl methyl sites for hydroxylation is 1. The predicted octanol–water partition coefficient (Wildman–Crippen LogP) is 5.14. The van der Waals surface area contributed by atoms with Crippen LogP contribution in [-0.2, 0) is 4.79 Å². The lowest BCUT2D eigenvalue weighted by molar-refractivity contribution is -0.122. The molecule has 26 heavy (non-hydrogen) atoms. The van der Waals surface area contributed by atoms with Crippen molar-refractivity contribution in [2.45, 2.75) is 20.0 Å². The van der Waals surface area contributed by atoms with Gasteiger partial charge in [0.05, 0.1) is 0 Å². The molecular formula is C22H22N2O2. The van der Waals surface area contributed by atoms with Crippen LogP contribution in [0.15, 0.2) is 78.9 Å². The van der Waals surface area contributed by atoms with Gasteiger partial charge in [0.15, 0.2) is 6.10 Å². The average molecular weight is 346 g/mol. The van der Waals surface area contributed by atoms with Crippen LogP contribution in [0.5, 0.6) is 5.75 Å². The molecule has 4 heteroatoms. The van der Waals surface area contributed by atoms with E-state index in [9.17, 15) is 4.79 Å². The number of rotatable bonds is 6. The van der Waals surface area contributed by atoms with E-state index in [0.717, 1.165) is 28.4 Å². The topological polar surface area (TPSA) is 50.4 Å². The summed E-state index contributed by atoms with van der Waals surface area (Å²) in [5.74, 6) is 0.537. The Morgan fingerprint density at radius 1 is 0.808 bits per heavy atom. The minimum absolute atomic E-state index is 0.183. The molecular weight excluding hydrogens is 324 g/mol. The van der Waals surface area contributed by atoms with Gasteiger partial charge in [0.2, 0.25) is 0 Å². The first kappa shape index (κ1) is 17.5. The quantitative estimate of drug-likeness (QED) is 0.649. The van der Waals surface area contributed by atoms with E-state index in [-0.39, 0.29) is 5.91 Å². The van der Waals surface area contributed by atoms with Crippen LogP contribution in [0.4, 0.5) is 17.1 Å². The molecule has 0 spiro atoms. The minimum atomic E-state index is -0.585. The Labute approximate surface area is 153 Å². The molecule has 0 radical (unpaired) electrons. The molecule has 3 aromatic carbocycles. The van der Waals surface area contributed by atoms with Crippen molar-refractivity contribution in [1.82, 2.24) is 0 Å². The second-order valence-electron chi connectivity index (χ2n) is 6.08. The van der Waals surface area contributed by atoms with Crippen LogP contribution in [0.1, 0.15) is 12.5 Å². The van der Waals surface area contributed by atoms with Gasteiger partial charge in [-0.15, -0.1) is 0 Å². The Hall–Kier alpha value is -3.27. The molecule has 3 aromatic rings. The molecule has 0 heterocycles. The van der Waals surface area contributed by atoms with E-state index in [1.807, 2.05) is 85.8 Å². The Morgan fingerprint density at radius 2 is 1.38 bits per heavy atom. The molecule has 3 rings (SSSR count). The summed E-state index contributed by atoms with van der Waals surface area (Å²) in [5, 5.41) is 6.19. The van der Waals surface area contributed by atoms with E-state index < -0.39 is 6.10 Å². The van der Waals surface area contributed by atoms with Gasteiger partial charge in [-0.3, -0.25) is 4.79 Å². The summed E-state index contributed by atoms with van der Waals surface area (Å²) in [5.41, 5.74) is 3.71. The summed E-state index contributed by atoms with van der Waals surface area (Å²) in [6.45, 7) is 3.70. The summed E-state index contributed by atoms with van der Waals surface area (Å²) >= 11 is 0. The van der Waals surface area contributed by atoms with Crippen LogP contribution in [0.3, 0.4) is 0 Å². The Balaban J connectivity index is 1.58. The fourth-order valence-electron chi connectivity index (χ4n) is 2.50. The Bertz CT molecular complexity index is 861. The first-order valence-electron chi connectivity index (χ1n) is 8.57. The molecule has 0 bridgehead atoms. The first-order chi connectivity index (χ1) is 12.6. The van der Waals surface area contributed by atoms with Gasteiger partial charge in [0, 0.05) is 17.1 Å². The SMILES string of the molecule is Cc1ccccc1OC(C)C(=O)Nc1ccc(Nc2ccccc2)cc1. The number of amides is 1. The predicted molar refractivity (Wildman–Crippen MR) is 106 cm³/mol. The third kappa shape index (κ3) is 4.63. The maximum absolute atomic E-state index is 12.4. The van der Waals surface area contributed by atoms with Crippen molar-refractivity contribution in [2.75, 3.05) is 10.6 Å². The highest BCUT2D eigenvalue weighted by Crippen LogP contribution is 2.20. The normalized spacial score (nSPS) is 11.5. The van der Waals surface area contributed by atoms with E-state index in [1.54, 1.807) is 6.92 Å². The van der Waals surface area contributed by atoms with E-state index in [2.05, 4.69) is 10.6 Å². The van der Waals surface area contributed by atoms with Crippen molar-refractivity contribution in [2.24, 2.45) is 0 Å². The molecule has 1 atom stereocenters. The van der Waals surface area contributed by atoms with Crippen molar-refractivity contribution in [1.29, 1.82) is 0 Å². The third-order valence-corrected chi connectivity index (χ3v) is 3.98. The second-order valence-corrected chi connectivity index (χ2v) is 6.08. The molecule has 1 unspecified atom stereocenters. The van der Waals surface area contributed by atoms with Gasteiger partial charge in [0.25, 0.3) is 5.91 Å². The first-order valence-corrected chi connectivity index (χ1v) is 8.57. The maximum atomic E-state index is 12.4. The summed E-state index contributed by atoms with van der Waals surface area (Å²) in [6, 6.07) is 25.2. The summed E-state index contributed by atoms with van der Waals surface area (Å²) in [7, 11) is 0. The number of carbonyl (C=O) groups is 1. The molecule has 0 aromatic heterocycles. The Kier molecular flexibility index (Phi) is 5.54. The highest BCUT2D eigenvalue weighted by molar-refractivity contribution is 5.94. The fourth-order valence-corrected chi connectivity index (χ4v) is 2.50. The van der Waals surface area contributed by atoms with Gasteiger partial charge in [0.1, 0.15) is 5.75 Å². The van der Waals surface area contributed by atoms with Gasteiger partial charge >= 0.3 is 0 Å². The molecule has 132 valence electrons. The van der Waals surface area contributed by atoms with Gasteiger partial charge in [-0.05, 0) is 61.9 Å². The van der Waals surface area contributed by atoms with Crippen LogP contribution in [0.2, 0.25) is 0 Å². The molecule has 0 aliphatic heterocycles. The minimum Gasteiger partial charge on any atom is -0.481 e. The van der Waals surface area contributed by atoms with Crippen LogP contribution in [-0.4, -0.2) is 12.0 Å². The second kappa shape index (κ2) is 8.21. The van der Waals surface area contributed by atoms with Gasteiger partial charge < -0.3 is 15.4 Å². The largest absolute Gasteiger partial charge is 0.481 e. The molecule has 0 aliphatic rings. The molecule has 0 fully saturated rings. The molecule has 0 aliphatic carbocycles. The molecule has 0 saturated carbocycles. The highest BCUT2D eigenvalue weighted by atomic mass is 16.5. The zero-order chi connectivity index (χ0) is 18.4. The van der Waals surface area contributed by atoms with Crippen LogP contribution >= 0.6 is 0 Å². The average Bonchev–Trinajstić information content (AvgIpc) is 2.66. The number of hydrogen-bond acceptors (Lipinski definition) is 3. The standard InChI is InChI=1S/C22H22N2O2/c1-16-8-6-7-11-21(16)26-17(2)22(25)24-20-14-12-19(13-15-20)23-18-9-4-3-5-10-18/h3-15,17,23H,1-2H3,(H,24,25). The fraction of sp³-hybridized carbons (Fsp3) is 0.136. The summed E-state index contributed by atoms with van der Waals surface area (Å²) in [4.78, 5) is 12.4. The van der Waals surface area contributed by atoms with E-state index in [4.69, 9.17) is 4.74 Å². The lowest BCUT2D eigenvalue weighted by atomic mass is 10.2. The number of hydrogen-bond donors (Lipinski definition) is 2. The zero-order valence-corrected chi connectivity index (χ0v) is 14.9. The van der Waals surface area contributed by atoms with Crippen LogP contribution in [0.25, 0.3) is 0 Å².